The number of unbranched alkanes of at least 4 members (excludes halogenated alkanes) is 1. The summed E-state index contributed by atoms with van der Waals surface area (Å²) in [6.45, 7) is 10.1. The Morgan fingerprint density at radius 1 is 1.22 bits per heavy atom. The highest BCUT2D eigenvalue weighted by atomic mass is 27.2. The summed E-state index contributed by atoms with van der Waals surface area (Å²) in [5.41, 5.74) is 3.07. The fourth-order valence-electron chi connectivity index (χ4n) is 1.78. The van der Waals surface area contributed by atoms with Crippen molar-refractivity contribution in [1.82, 2.24) is 5.48 Å². The third-order valence-corrected chi connectivity index (χ3v) is 7.51. The molecule has 0 radical (unpaired) electrons. The summed E-state index contributed by atoms with van der Waals surface area (Å²) in [6.07, 6.45) is 2.33. The lowest BCUT2D eigenvalue weighted by atomic mass is 10.2. The monoisotopic (exact) mass is 263 g/mol. The molecule has 0 aliphatic heterocycles. The number of hydroxylamine groups is 1. The number of benzene rings is 1. The third-order valence-electron chi connectivity index (χ3n) is 3.50. The molecule has 0 unspecified atom stereocenters. The van der Waals surface area contributed by atoms with Gasteiger partial charge in [-0.3, -0.25) is 0 Å². The van der Waals surface area contributed by atoms with Crippen LogP contribution in [0, 0.1) is 0 Å². The Morgan fingerprint density at radius 3 is 2.50 bits per heavy atom. The van der Waals surface area contributed by atoms with E-state index in [0.29, 0.717) is 4.28 Å². The molecule has 0 aliphatic rings. The van der Waals surface area contributed by atoms with Crippen LogP contribution in [0.5, 0.6) is 5.75 Å². The molecule has 2 nitrogen and oxygen atoms in total. The number of hydrogen-bond donors (Lipinski definition) is 1. The van der Waals surface area contributed by atoms with Crippen molar-refractivity contribution in [2.45, 2.75) is 50.6 Å². The summed E-state index contributed by atoms with van der Waals surface area (Å²) in [5.74, 6) is 3.41. The third kappa shape index (κ3) is 4.65. The van der Waals surface area contributed by atoms with Crippen molar-refractivity contribution >= 4 is 18.6 Å². The molecule has 0 saturated carbocycles. The van der Waals surface area contributed by atoms with Crippen LogP contribution in [0.1, 0.15) is 40.5 Å². The minimum absolute atomic E-state index is 0.378. The van der Waals surface area contributed by atoms with Crippen molar-refractivity contribution in [3.8, 4) is 5.75 Å². The maximum absolute atomic E-state index is 5.74. The Kier molecular flexibility index (Phi) is 6.22. The van der Waals surface area contributed by atoms with E-state index in [4.69, 9.17) is 4.84 Å². The lowest BCUT2D eigenvalue weighted by Crippen LogP contribution is -2.38. The van der Waals surface area contributed by atoms with E-state index >= 15 is 0 Å². The smallest absolute Gasteiger partial charge is 0.314 e. The quantitative estimate of drug-likeness (QED) is 0.482. The van der Waals surface area contributed by atoms with Crippen LogP contribution in [0.3, 0.4) is 0 Å². The van der Waals surface area contributed by atoms with Crippen LogP contribution in [0.2, 0.25) is 10.1 Å². The van der Waals surface area contributed by atoms with Gasteiger partial charge < -0.3 is 4.84 Å². The summed E-state index contributed by atoms with van der Waals surface area (Å²) in [4.78, 5) is 5.74. The van der Waals surface area contributed by atoms with Gasteiger partial charge in [0.05, 0.1) is 0 Å². The lowest BCUT2D eigenvalue weighted by molar-refractivity contribution is 0.196. The Labute approximate surface area is 116 Å². The highest BCUT2D eigenvalue weighted by Gasteiger charge is 2.30. The van der Waals surface area contributed by atoms with E-state index in [1.165, 1.54) is 10.8 Å². The van der Waals surface area contributed by atoms with E-state index in [0.717, 1.165) is 18.7 Å². The van der Waals surface area contributed by atoms with Crippen LogP contribution in [0.25, 0.3) is 0 Å². The average Bonchev–Trinajstić information content (AvgIpc) is 2.33. The molecule has 0 saturated heterocycles. The second kappa shape index (κ2) is 7.19. The summed E-state index contributed by atoms with van der Waals surface area (Å²) in [5, 5.41) is 0. The van der Waals surface area contributed by atoms with Gasteiger partial charge in [0.2, 0.25) is 0 Å². The van der Waals surface area contributed by atoms with Crippen LogP contribution in [-0.2, 0) is 0 Å². The summed E-state index contributed by atoms with van der Waals surface area (Å²) in [6, 6.07) is 8.45. The molecular weight excluding hydrogens is 237 g/mol. The topological polar surface area (TPSA) is 21.3 Å². The van der Waals surface area contributed by atoms with Crippen molar-refractivity contribution in [2.24, 2.45) is 0 Å². The van der Waals surface area contributed by atoms with Crippen molar-refractivity contribution in [2.75, 3.05) is 6.54 Å². The molecule has 0 spiro atoms. The molecule has 3 heteroatoms. The van der Waals surface area contributed by atoms with Gasteiger partial charge in [0.15, 0.2) is 0 Å². The first-order valence-corrected chi connectivity index (χ1v) is 9.26. The van der Waals surface area contributed by atoms with Gasteiger partial charge in [0, 0.05) is 6.54 Å². The van der Waals surface area contributed by atoms with Gasteiger partial charge in [-0.05, 0) is 12.5 Å². The number of para-hydroxylation sites is 1. The maximum atomic E-state index is 5.74. The molecule has 0 amide bonds. The van der Waals surface area contributed by atoms with Crippen LogP contribution in [0.15, 0.2) is 24.3 Å². The molecule has 0 fully saturated rings. The van der Waals surface area contributed by atoms with Gasteiger partial charge in [-0.2, -0.15) is 5.48 Å². The van der Waals surface area contributed by atoms with E-state index in [-0.39, 0.29) is 0 Å². The molecule has 0 atom stereocenters. The van der Waals surface area contributed by atoms with Crippen molar-refractivity contribution < 1.29 is 4.84 Å². The van der Waals surface area contributed by atoms with Crippen LogP contribution >= 0.6 is 0 Å². The van der Waals surface area contributed by atoms with Gasteiger partial charge in [-0.1, -0.05) is 61.0 Å². The first-order valence-electron chi connectivity index (χ1n) is 6.95. The SMILES string of the molecule is CCCCNOc1cccc[c]1[Al]([CH3])[C](C)(C)C. The van der Waals surface area contributed by atoms with E-state index in [2.05, 4.69) is 57.2 Å². The zero-order valence-electron chi connectivity index (χ0n) is 12.4. The second-order valence-corrected chi connectivity index (χ2v) is 9.77. The second-order valence-electron chi connectivity index (χ2n) is 5.98. The van der Waals surface area contributed by atoms with Crippen molar-refractivity contribution in [3.63, 3.8) is 0 Å². The van der Waals surface area contributed by atoms with E-state index < -0.39 is 14.1 Å². The fraction of sp³-hybridized carbons (Fsp3) is 0.600. The van der Waals surface area contributed by atoms with E-state index in [1.54, 1.807) is 0 Å². The van der Waals surface area contributed by atoms with Gasteiger partial charge in [-0.15, -0.1) is 5.79 Å². The zero-order chi connectivity index (χ0) is 13.6. The van der Waals surface area contributed by atoms with Gasteiger partial charge in [0.1, 0.15) is 5.75 Å². The molecule has 0 aliphatic carbocycles. The van der Waals surface area contributed by atoms with Crippen molar-refractivity contribution in [1.29, 1.82) is 0 Å². The van der Waals surface area contributed by atoms with E-state index in [9.17, 15) is 0 Å². The predicted molar refractivity (Wildman–Crippen MR) is 80.9 cm³/mol. The molecule has 1 N–H and O–H groups in total. The minimum Gasteiger partial charge on any atom is -0.410 e. The molecular formula is C15H26AlNO. The highest BCUT2D eigenvalue weighted by Crippen LogP contribution is 2.28. The number of nitrogens with one attached hydrogen (secondary N) is 1. The molecule has 0 aromatic heterocycles. The van der Waals surface area contributed by atoms with E-state index in [1.807, 2.05) is 6.07 Å². The Bertz CT molecular complexity index is 360. The first kappa shape index (κ1) is 15.6. The summed E-state index contributed by atoms with van der Waals surface area (Å²) >= 11 is -1.01. The Balaban J connectivity index is 2.73. The minimum atomic E-state index is -1.01. The first-order chi connectivity index (χ1) is 8.46. The molecule has 18 heavy (non-hydrogen) atoms. The van der Waals surface area contributed by atoms with Gasteiger partial charge in [0.25, 0.3) is 0 Å². The normalized spacial score (nSPS) is 11.4. The van der Waals surface area contributed by atoms with Gasteiger partial charge in [-0.25, -0.2) is 0 Å². The molecule has 100 valence electrons. The zero-order valence-corrected chi connectivity index (χ0v) is 13.6. The Morgan fingerprint density at radius 2 is 1.89 bits per heavy atom. The fourth-order valence-corrected chi connectivity index (χ4v) is 3.69. The van der Waals surface area contributed by atoms with Gasteiger partial charge >= 0.3 is 14.1 Å². The van der Waals surface area contributed by atoms with Crippen LogP contribution in [0.4, 0.5) is 0 Å². The molecule has 0 heterocycles. The standard InChI is InChI=1S/C10H14NO.C4H9.CH3.Al/c1-2-3-9-11-12-10-7-5-4-6-8-10;1-4(2)3;;/h4-7,11H,2-3,9H2,1H3;1-3H3;1H3;. The number of rotatable bonds is 6. The maximum Gasteiger partial charge on any atom is 0.314 e. The average molecular weight is 263 g/mol. The molecule has 1 rings (SSSR count). The molecule has 0 bridgehead atoms. The Hall–Kier alpha value is -0.488. The van der Waals surface area contributed by atoms with Crippen LogP contribution < -0.4 is 14.7 Å². The predicted octanol–water partition coefficient (Wildman–Crippen LogP) is 3.50. The summed E-state index contributed by atoms with van der Waals surface area (Å²) in [7, 11) is 0. The molecule has 1 aromatic carbocycles. The van der Waals surface area contributed by atoms with Crippen molar-refractivity contribution in [3.05, 3.63) is 24.3 Å². The number of hydrogen-bond acceptors (Lipinski definition) is 2. The summed E-state index contributed by atoms with van der Waals surface area (Å²) < 4.78 is 1.79. The largest absolute Gasteiger partial charge is 0.410 e. The van der Waals surface area contributed by atoms with Crippen LogP contribution in [-0.4, -0.2) is 20.7 Å². The lowest BCUT2D eigenvalue weighted by Gasteiger charge is -2.25. The highest BCUT2D eigenvalue weighted by molar-refractivity contribution is 6.75. The molecule has 1 aromatic rings.